The molecule has 0 aliphatic heterocycles. The van der Waals surface area contributed by atoms with Crippen molar-refractivity contribution >= 4 is 0 Å². The Morgan fingerprint density at radius 2 is 2.33 bits per heavy atom. The van der Waals surface area contributed by atoms with Gasteiger partial charge in [0.1, 0.15) is 0 Å². The predicted octanol–water partition coefficient (Wildman–Crippen LogP) is 0.896. The molecule has 1 N–H and O–H groups in total. The summed E-state index contributed by atoms with van der Waals surface area (Å²) in [4.78, 5) is 0. The molecule has 0 bridgehead atoms. The summed E-state index contributed by atoms with van der Waals surface area (Å²) in [6.45, 7) is 2.81. The number of likely N-dealkylation sites (N-methyl/N-ethyl adjacent to an activating group) is 1. The first-order valence-electron chi connectivity index (χ1n) is 5.33. The molecule has 1 heterocycles. The van der Waals surface area contributed by atoms with Gasteiger partial charge in [0.15, 0.2) is 0 Å². The number of hydrogen-bond donors (Lipinski definition) is 1. The van der Waals surface area contributed by atoms with Crippen LogP contribution < -0.4 is 5.32 Å². The average molecular weight is 211 g/mol. The van der Waals surface area contributed by atoms with Crippen molar-refractivity contribution in [1.29, 1.82) is 0 Å². The van der Waals surface area contributed by atoms with Crippen molar-refractivity contribution in [2.45, 2.75) is 25.8 Å². The monoisotopic (exact) mass is 211 g/mol. The van der Waals surface area contributed by atoms with Gasteiger partial charge in [-0.05, 0) is 26.5 Å². The maximum Gasteiger partial charge on any atom is 0.0596 e. The molecule has 1 rings (SSSR count). The number of hydrogen-bond acceptors (Lipinski definition) is 3. The fraction of sp³-hybridized carbons (Fsp3) is 0.727. The van der Waals surface area contributed by atoms with Crippen LogP contribution in [0.1, 0.15) is 17.8 Å². The largest absolute Gasteiger partial charge is 0.385 e. The van der Waals surface area contributed by atoms with Crippen LogP contribution in [0.5, 0.6) is 0 Å². The zero-order valence-electron chi connectivity index (χ0n) is 10.1. The van der Waals surface area contributed by atoms with Crippen molar-refractivity contribution in [1.82, 2.24) is 15.1 Å². The molecular weight excluding hydrogens is 190 g/mol. The molecule has 0 aromatic carbocycles. The van der Waals surface area contributed by atoms with Crippen molar-refractivity contribution in [3.63, 3.8) is 0 Å². The Bertz CT molecular complexity index is 296. The summed E-state index contributed by atoms with van der Waals surface area (Å²) < 4.78 is 7.04. The zero-order valence-corrected chi connectivity index (χ0v) is 10.1. The van der Waals surface area contributed by atoms with Crippen LogP contribution in [-0.4, -0.2) is 36.6 Å². The molecule has 0 aliphatic rings. The van der Waals surface area contributed by atoms with Gasteiger partial charge in [-0.3, -0.25) is 4.68 Å². The molecule has 0 saturated carbocycles. The lowest BCUT2D eigenvalue weighted by Gasteiger charge is -2.15. The fourth-order valence-corrected chi connectivity index (χ4v) is 1.72. The van der Waals surface area contributed by atoms with Gasteiger partial charge >= 0.3 is 0 Å². The lowest BCUT2D eigenvalue weighted by molar-refractivity contribution is 0.183. The third kappa shape index (κ3) is 3.64. The normalized spacial score (nSPS) is 13.1. The van der Waals surface area contributed by atoms with Crippen molar-refractivity contribution in [3.05, 3.63) is 17.5 Å². The Hall–Kier alpha value is -0.870. The minimum absolute atomic E-state index is 0.458. The molecule has 0 saturated heterocycles. The second-order valence-corrected chi connectivity index (χ2v) is 3.87. The number of nitrogens with one attached hydrogen (secondary N) is 1. The third-order valence-electron chi connectivity index (χ3n) is 2.63. The van der Waals surface area contributed by atoms with Gasteiger partial charge in [0.05, 0.1) is 5.69 Å². The van der Waals surface area contributed by atoms with E-state index in [2.05, 4.69) is 16.5 Å². The van der Waals surface area contributed by atoms with Gasteiger partial charge in [-0.25, -0.2) is 0 Å². The first-order valence-corrected chi connectivity index (χ1v) is 5.33. The van der Waals surface area contributed by atoms with Gasteiger partial charge in [0, 0.05) is 38.9 Å². The lowest BCUT2D eigenvalue weighted by atomic mass is 10.1. The van der Waals surface area contributed by atoms with Gasteiger partial charge in [0.2, 0.25) is 0 Å². The average Bonchev–Trinajstić information content (AvgIpc) is 2.52. The molecule has 1 aromatic rings. The van der Waals surface area contributed by atoms with Crippen LogP contribution in [0, 0.1) is 6.92 Å². The van der Waals surface area contributed by atoms with E-state index in [4.69, 9.17) is 4.74 Å². The van der Waals surface area contributed by atoms with E-state index >= 15 is 0 Å². The molecule has 0 radical (unpaired) electrons. The number of aryl methyl sites for hydroxylation is 2. The first-order chi connectivity index (χ1) is 7.17. The fourth-order valence-electron chi connectivity index (χ4n) is 1.72. The molecule has 0 spiro atoms. The summed E-state index contributed by atoms with van der Waals surface area (Å²) in [5.74, 6) is 0. The van der Waals surface area contributed by atoms with Gasteiger partial charge in [-0.2, -0.15) is 5.10 Å². The Morgan fingerprint density at radius 1 is 1.60 bits per heavy atom. The predicted molar refractivity (Wildman–Crippen MR) is 61.0 cm³/mol. The number of aromatic nitrogens is 2. The highest BCUT2D eigenvalue weighted by Crippen LogP contribution is 2.07. The Balaban J connectivity index is 2.54. The molecule has 0 aliphatic carbocycles. The first kappa shape index (κ1) is 12.2. The molecule has 1 atom stereocenters. The summed E-state index contributed by atoms with van der Waals surface area (Å²) in [5, 5.41) is 7.64. The van der Waals surface area contributed by atoms with Crippen LogP contribution in [0.2, 0.25) is 0 Å². The van der Waals surface area contributed by atoms with E-state index in [1.54, 1.807) is 7.11 Å². The molecule has 1 unspecified atom stereocenters. The lowest BCUT2D eigenvalue weighted by Crippen LogP contribution is -2.29. The highest BCUT2D eigenvalue weighted by atomic mass is 16.5. The van der Waals surface area contributed by atoms with Crippen molar-refractivity contribution < 1.29 is 4.74 Å². The standard InChI is InChI=1S/C11H21N3O/c1-9-7-11(14(3)13-9)8-10(12-2)5-6-15-4/h7,10,12H,5-6,8H2,1-4H3. The van der Waals surface area contributed by atoms with E-state index in [1.807, 2.05) is 25.7 Å². The van der Waals surface area contributed by atoms with Crippen LogP contribution >= 0.6 is 0 Å². The number of ether oxygens (including phenoxy) is 1. The van der Waals surface area contributed by atoms with Crippen LogP contribution in [-0.2, 0) is 18.2 Å². The number of rotatable bonds is 6. The second-order valence-electron chi connectivity index (χ2n) is 3.87. The molecule has 15 heavy (non-hydrogen) atoms. The molecular formula is C11H21N3O. The highest BCUT2D eigenvalue weighted by Gasteiger charge is 2.10. The Morgan fingerprint density at radius 3 is 2.80 bits per heavy atom. The Labute approximate surface area is 91.6 Å². The Kier molecular flexibility index (Phi) is 4.78. The van der Waals surface area contributed by atoms with Crippen LogP contribution in [0.4, 0.5) is 0 Å². The van der Waals surface area contributed by atoms with E-state index in [9.17, 15) is 0 Å². The van der Waals surface area contributed by atoms with Crippen LogP contribution in [0.15, 0.2) is 6.07 Å². The molecule has 86 valence electrons. The van der Waals surface area contributed by atoms with Gasteiger partial charge in [0.25, 0.3) is 0 Å². The van der Waals surface area contributed by atoms with Crippen molar-refractivity contribution in [3.8, 4) is 0 Å². The molecule has 4 nitrogen and oxygen atoms in total. The molecule has 1 aromatic heterocycles. The molecule has 0 fully saturated rings. The van der Waals surface area contributed by atoms with Gasteiger partial charge < -0.3 is 10.1 Å². The summed E-state index contributed by atoms with van der Waals surface area (Å²) in [6, 6.07) is 2.59. The van der Waals surface area contributed by atoms with Gasteiger partial charge in [-0.1, -0.05) is 0 Å². The smallest absolute Gasteiger partial charge is 0.0596 e. The van der Waals surface area contributed by atoms with E-state index in [1.165, 1.54) is 5.69 Å². The number of nitrogens with zero attached hydrogens (tertiary/aromatic N) is 2. The van der Waals surface area contributed by atoms with Crippen LogP contribution in [0.3, 0.4) is 0 Å². The van der Waals surface area contributed by atoms with Crippen molar-refractivity contribution in [2.24, 2.45) is 7.05 Å². The third-order valence-corrected chi connectivity index (χ3v) is 2.63. The topological polar surface area (TPSA) is 39.1 Å². The maximum atomic E-state index is 5.08. The SMILES string of the molecule is CNC(CCOC)Cc1cc(C)nn1C. The second kappa shape index (κ2) is 5.88. The van der Waals surface area contributed by atoms with Crippen molar-refractivity contribution in [2.75, 3.05) is 20.8 Å². The van der Waals surface area contributed by atoms with E-state index in [-0.39, 0.29) is 0 Å². The summed E-state index contributed by atoms with van der Waals surface area (Å²) >= 11 is 0. The summed E-state index contributed by atoms with van der Waals surface area (Å²) in [6.07, 6.45) is 2.02. The molecule has 0 amide bonds. The quantitative estimate of drug-likeness (QED) is 0.759. The molecule has 4 heteroatoms. The number of methoxy groups -OCH3 is 1. The van der Waals surface area contributed by atoms with Crippen LogP contribution in [0.25, 0.3) is 0 Å². The summed E-state index contributed by atoms with van der Waals surface area (Å²) in [5.41, 5.74) is 2.34. The van der Waals surface area contributed by atoms with E-state index in [0.29, 0.717) is 6.04 Å². The zero-order chi connectivity index (χ0) is 11.3. The van der Waals surface area contributed by atoms with Gasteiger partial charge in [-0.15, -0.1) is 0 Å². The van der Waals surface area contributed by atoms with E-state index in [0.717, 1.165) is 25.1 Å². The minimum Gasteiger partial charge on any atom is -0.385 e. The summed E-state index contributed by atoms with van der Waals surface area (Å²) in [7, 11) is 5.72. The minimum atomic E-state index is 0.458. The van der Waals surface area contributed by atoms with E-state index < -0.39 is 0 Å². The highest BCUT2D eigenvalue weighted by molar-refractivity contribution is 5.09. The maximum absolute atomic E-state index is 5.08.